The smallest absolute Gasteiger partial charge is 0.328 e. The summed E-state index contributed by atoms with van der Waals surface area (Å²) in [6.07, 6.45) is 25.0. The van der Waals surface area contributed by atoms with E-state index in [1.165, 1.54) is 63.9 Å². The summed E-state index contributed by atoms with van der Waals surface area (Å²) >= 11 is 0. The molecule has 0 aromatic rings. The van der Waals surface area contributed by atoms with Crippen molar-refractivity contribution in [1.82, 2.24) is 0 Å². The molecule has 144 valence electrons. The Labute approximate surface area is 151 Å². The summed E-state index contributed by atoms with van der Waals surface area (Å²) in [6.45, 7) is 0.462. The molecule has 0 amide bonds. The van der Waals surface area contributed by atoms with Gasteiger partial charge in [0.2, 0.25) is 0 Å². The Balaban J connectivity index is 3.17. The fourth-order valence-electron chi connectivity index (χ4n) is 2.49. The molecule has 0 aromatic carbocycles. The molecule has 0 aliphatic rings. The summed E-state index contributed by atoms with van der Waals surface area (Å²) in [6, 6.07) is 0. The van der Waals surface area contributed by atoms with Gasteiger partial charge in [0.15, 0.2) is 0 Å². The molecule has 2 N–H and O–H groups in total. The third kappa shape index (κ3) is 22.6. The lowest BCUT2D eigenvalue weighted by molar-refractivity contribution is -0.490. The monoisotopic (exact) mass is 354 g/mol. The van der Waals surface area contributed by atoms with Crippen LogP contribution in [0.5, 0.6) is 0 Å². The minimum Gasteiger partial charge on any atom is -0.478 e. The number of hydrogen-bond acceptors (Lipinski definition) is 4. The molecule has 0 aromatic heterocycles. The predicted octanol–water partition coefficient (Wildman–Crippen LogP) is 5.84. The first-order valence-corrected chi connectivity index (χ1v) is 9.43. The average Bonchev–Trinajstić information content (AvgIpc) is 2.60. The SMILES string of the molecule is O=C(O)C=CC=CC=CCCCCCCCCCCCCCOOO. The summed E-state index contributed by atoms with van der Waals surface area (Å²) in [7, 11) is 0. The van der Waals surface area contributed by atoms with Crippen LogP contribution in [0.2, 0.25) is 0 Å². The maximum Gasteiger partial charge on any atom is 0.328 e. The van der Waals surface area contributed by atoms with Gasteiger partial charge in [0, 0.05) is 6.08 Å². The second kappa shape index (κ2) is 20.6. The Hall–Kier alpha value is -1.43. The van der Waals surface area contributed by atoms with Crippen molar-refractivity contribution >= 4 is 5.97 Å². The Morgan fingerprint density at radius 3 is 1.80 bits per heavy atom. The van der Waals surface area contributed by atoms with Crippen LogP contribution in [0.4, 0.5) is 0 Å². The molecule has 25 heavy (non-hydrogen) atoms. The highest BCUT2D eigenvalue weighted by atomic mass is 17.5. The van der Waals surface area contributed by atoms with E-state index >= 15 is 0 Å². The van der Waals surface area contributed by atoms with Gasteiger partial charge in [-0.3, -0.25) is 0 Å². The summed E-state index contributed by atoms with van der Waals surface area (Å²) in [5.41, 5.74) is 0. The highest BCUT2D eigenvalue weighted by Gasteiger charge is 1.94. The molecule has 0 saturated heterocycles. The molecule has 0 heterocycles. The maximum atomic E-state index is 10.2. The van der Waals surface area contributed by atoms with Gasteiger partial charge in [-0.2, -0.15) is 0 Å². The van der Waals surface area contributed by atoms with E-state index < -0.39 is 5.97 Å². The van der Waals surface area contributed by atoms with Crippen molar-refractivity contribution < 1.29 is 25.1 Å². The molecular weight excluding hydrogens is 320 g/mol. The van der Waals surface area contributed by atoms with E-state index in [0.717, 1.165) is 25.3 Å². The second-order valence-electron chi connectivity index (χ2n) is 6.08. The fourth-order valence-corrected chi connectivity index (χ4v) is 2.49. The topological polar surface area (TPSA) is 76.0 Å². The lowest BCUT2D eigenvalue weighted by Gasteiger charge is -2.02. The van der Waals surface area contributed by atoms with E-state index in [0.29, 0.717) is 6.61 Å². The summed E-state index contributed by atoms with van der Waals surface area (Å²) in [5, 5.41) is 19.9. The quantitative estimate of drug-likeness (QED) is 0.106. The third-order valence-electron chi connectivity index (χ3n) is 3.86. The minimum absolute atomic E-state index is 0.462. The fraction of sp³-hybridized carbons (Fsp3) is 0.650. The minimum atomic E-state index is -0.923. The largest absolute Gasteiger partial charge is 0.478 e. The molecule has 0 spiro atoms. The lowest BCUT2D eigenvalue weighted by Crippen LogP contribution is -1.92. The number of carboxylic acid groups (broad SMARTS) is 1. The summed E-state index contributed by atoms with van der Waals surface area (Å²) < 4.78 is 0. The zero-order valence-corrected chi connectivity index (χ0v) is 15.3. The van der Waals surface area contributed by atoms with Crippen molar-refractivity contribution in [3.63, 3.8) is 0 Å². The van der Waals surface area contributed by atoms with Crippen molar-refractivity contribution in [2.24, 2.45) is 0 Å². The van der Waals surface area contributed by atoms with E-state index in [-0.39, 0.29) is 0 Å². The molecular formula is C20H34O5. The first-order chi connectivity index (χ1) is 12.3. The van der Waals surface area contributed by atoms with Crippen molar-refractivity contribution in [3.8, 4) is 0 Å². The number of carboxylic acids is 1. The van der Waals surface area contributed by atoms with Crippen LogP contribution in [0.1, 0.15) is 77.0 Å². The van der Waals surface area contributed by atoms with Gasteiger partial charge in [-0.15, -0.1) is 0 Å². The van der Waals surface area contributed by atoms with E-state index in [1.54, 1.807) is 6.08 Å². The Kier molecular flexibility index (Phi) is 19.4. The normalized spacial score (nSPS) is 12.0. The molecule has 5 heteroatoms. The number of rotatable bonds is 18. The van der Waals surface area contributed by atoms with Crippen LogP contribution in [0, 0.1) is 0 Å². The molecule has 0 fully saturated rings. The molecule has 0 saturated carbocycles. The number of allylic oxidation sites excluding steroid dienone is 5. The lowest BCUT2D eigenvalue weighted by atomic mass is 10.1. The highest BCUT2D eigenvalue weighted by molar-refractivity contribution is 5.80. The first-order valence-electron chi connectivity index (χ1n) is 9.43. The van der Waals surface area contributed by atoms with Crippen LogP contribution in [0.15, 0.2) is 36.5 Å². The molecule has 0 aliphatic heterocycles. The maximum absolute atomic E-state index is 10.2. The molecule has 5 nitrogen and oxygen atoms in total. The molecule has 0 aliphatic carbocycles. The van der Waals surface area contributed by atoms with Crippen molar-refractivity contribution in [1.29, 1.82) is 0 Å². The van der Waals surface area contributed by atoms with Crippen LogP contribution in [-0.2, 0) is 14.7 Å². The Bertz CT molecular complexity index is 374. The van der Waals surface area contributed by atoms with Crippen molar-refractivity contribution in [2.75, 3.05) is 6.61 Å². The van der Waals surface area contributed by atoms with Crippen LogP contribution in [0.3, 0.4) is 0 Å². The molecule has 0 unspecified atom stereocenters. The number of aliphatic carboxylic acids is 1. The van der Waals surface area contributed by atoms with E-state index in [9.17, 15) is 4.79 Å². The highest BCUT2D eigenvalue weighted by Crippen LogP contribution is 2.12. The second-order valence-corrected chi connectivity index (χ2v) is 6.08. The van der Waals surface area contributed by atoms with E-state index in [1.807, 2.05) is 12.2 Å². The molecule has 0 bridgehead atoms. The van der Waals surface area contributed by atoms with E-state index in [2.05, 4.69) is 16.0 Å². The van der Waals surface area contributed by atoms with Crippen LogP contribution < -0.4 is 0 Å². The van der Waals surface area contributed by atoms with Gasteiger partial charge in [-0.1, -0.05) is 93.2 Å². The van der Waals surface area contributed by atoms with E-state index in [4.69, 9.17) is 10.4 Å². The average molecular weight is 354 g/mol. The Morgan fingerprint density at radius 1 is 0.720 bits per heavy atom. The van der Waals surface area contributed by atoms with Crippen LogP contribution >= 0.6 is 0 Å². The Morgan fingerprint density at radius 2 is 1.24 bits per heavy atom. The molecule has 0 radical (unpaired) electrons. The van der Waals surface area contributed by atoms with Gasteiger partial charge in [0.05, 0.1) is 6.61 Å². The number of carbonyl (C=O) groups is 1. The van der Waals surface area contributed by atoms with Crippen molar-refractivity contribution in [2.45, 2.75) is 77.0 Å². The summed E-state index contributed by atoms with van der Waals surface area (Å²) in [4.78, 5) is 14.6. The predicted molar refractivity (Wildman–Crippen MR) is 100 cm³/mol. The first kappa shape index (κ1) is 23.6. The van der Waals surface area contributed by atoms with Gasteiger partial charge < -0.3 is 5.11 Å². The van der Waals surface area contributed by atoms with Crippen molar-refractivity contribution in [3.05, 3.63) is 36.5 Å². The van der Waals surface area contributed by atoms with Gasteiger partial charge in [0.25, 0.3) is 0 Å². The van der Waals surface area contributed by atoms with Gasteiger partial charge in [-0.25, -0.2) is 14.9 Å². The van der Waals surface area contributed by atoms with Gasteiger partial charge in [-0.05, 0) is 19.3 Å². The van der Waals surface area contributed by atoms with Gasteiger partial charge >= 0.3 is 5.97 Å². The van der Waals surface area contributed by atoms with Crippen LogP contribution in [0.25, 0.3) is 0 Å². The number of unbranched alkanes of at least 4 members (excludes halogenated alkanes) is 11. The zero-order valence-electron chi connectivity index (χ0n) is 15.3. The van der Waals surface area contributed by atoms with Crippen LogP contribution in [-0.4, -0.2) is 22.9 Å². The third-order valence-corrected chi connectivity index (χ3v) is 3.86. The van der Waals surface area contributed by atoms with Gasteiger partial charge in [0.1, 0.15) is 0 Å². The number of hydrogen-bond donors (Lipinski definition) is 2. The molecule has 0 atom stereocenters. The summed E-state index contributed by atoms with van der Waals surface area (Å²) in [5.74, 6) is -0.923. The standard InChI is InChI=1S/C20H34O5/c21-20(22)18-16-14-12-10-8-6-4-2-1-3-5-7-9-11-13-15-17-19-24-25-23/h8,10,12,14,16,18,23H,1-7,9,11,13,15,17,19H2,(H,21,22). The zero-order chi connectivity index (χ0) is 18.4. The molecule has 0 rings (SSSR count).